The smallest absolute Gasteiger partial charge is 0.246 e. The molecule has 5 heteroatoms. The zero-order valence-electron chi connectivity index (χ0n) is 9.36. The van der Waals surface area contributed by atoms with Crippen LogP contribution in [-0.4, -0.2) is 17.3 Å². The van der Waals surface area contributed by atoms with E-state index in [9.17, 15) is 0 Å². The Labute approximate surface area is 89.0 Å². The molecule has 1 fully saturated rings. The Hall–Kier alpha value is -0.940. The number of methoxy groups -OCH3 is 1. The Bertz CT molecular complexity index is 339. The van der Waals surface area contributed by atoms with Crippen LogP contribution in [0.4, 0.5) is 0 Å². The van der Waals surface area contributed by atoms with E-state index in [1.807, 2.05) is 13.8 Å². The second-order valence-electron chi connectivity index (χ2n) is 4.67. The number of nitrogens with two attached hydrogens (primary N) is 1. The van der Waals surface area contributed by atoms with E-state index in [0.29, 0.717) is 17.6 Å². The average Bonchev–Trinajstić information content (AvgIpc) is 2.82. The van der Waals surface area contributed by atoms with Crippen molar-refractivity contribution in [3.8, 4) is 0 Å². The standard InChI is InChI=1S/C10H17N3O2/c1-10(2,11)9-12-8(13-15-9)7(14-3)6-4-5-6/h6-7H,4-5,11H2,1-3H3. The van der Waals surface area contributed by atoms with E-state index in [1.165, 1.54) is 12.8 Å². The van der Waals surface area contributed by atoms with Crippen LogP contribution in [0.15, 0.2) is 4.52 Å². The summed E-state index contributed by atoms with van der Waals surface area (Å²) in [5.41, 5.74) is 5.28. The van der Waals surface area contributed by atoms with Gasteiger partial charge in [0.25, 0.3) is 0 Å². The number of aromatic nitrogens is 2. The van der Waals surface area contributed by atoms with Gasteiger partial charge in [0.1, 0.15) is 6.10 Å². The van der Waals surface area contributed by atoms with Crippen molar-refractivity contribution >= 4 is 0 Å². The molecule has 1 unspecified atom stereocenters. The fraction of sp³-hybridized carbons (Fsp3) is 0.800. The third-order valence-electron chi connectivity index (χ3n) is 2.55. The van der Waals surface area contributed by atoms with Crippen LogP contribution in [0.25, 0.3) is 0 Å². The van der Waals surface area contributed by atoms with Gasteiger partial charge >= 0.3 is 0 Å². The molecule has 0 bridgehead atoms. The zero-order chi connectivity index (χ0) is 11.1. The first-order valence-corrected chi connectivity index (χ1v) is 5.18. The largest absolute Gasteiger partial charge is 0.373 e. The van der Waals surface area contributed by atoms with Gasteiger partial charge in [-0.1, -0.05) is 5.16 Å². The lowest BCUT2D eigenvalue weighted by atomic mass is 10.1. The Morgan fingerprint density at radius 3 is 2.60 bits per heavy atom. The lowest BCUT2D eigenvalue weighted by molar-refractivity contribution is 0.0751. The van der Waals surface area contributed by atoms with Gasteiger partial charge in [0, 0.05) is 7.11 Å². The molecule has 1 aliphatic carbocycles. The fourth-order valence-corrected chi connectivity index (χ4v) is 1.52. The molecule has 1 aromatic rings. The van der Waals surface area contributed by atoms with Crippen molar-refractivity contribution in [2.24, 2.45) is 11.7 Å². The Kier molecular flexibility index (Phi) is 2.52. The maximum Gasteiger partial charge on any atom is 0.246 e. The molecule has 0 saturated heterocycles. The lowest BCUT2D eigenvalue weighted by Gasteiger charge is -2.11. The van der Waals surface area contributed by atoms with Crippen LogP contribution in [0.3, 0.4) is 0 Å². The average molecular weight is 211 g/mol. The number of rotatable bonds is 4. The molecule has 1 atom stereocenters. The van der Waals surface area contributed by atoms with Gasteiger partial charge in [-0.05, 0) is 32.6 Å². The van der Waals surface area contributed by atoms with E-state index in [2.05, 4.69) is 10.1 Å². The first-order chi connectivity index (χ1) is 7.02. The molecule has 2 rings (SSSR count). The zero-order valence-corrected chi connectivity index (χ0v) is 9.36. The van der Waals surface area contributed by atoms with Crippen molar-refractivity contribution < 1.29 is 9.26 Å². The summed E-state index contributed by atoms with van der Waals surface area (Å²) in [5, 5.41) is 3.92. The highest BCUT2D eigenvalue weighted by atomic mass is 16.5. The molecule has 0 aliphatic heterocycles. The van der Waals surface area contributed by atoms with Gasteiger partial charge in [-0.3, -0.25) is 0 Å². The predicted molar refractivity (Wildman–Crippen MR) is 54.0 cm³/mol. The Balaban J connectivity index is 2.18. The van der Waals surface area contributed by atoms with E-state index in [0.717, 1.165) is 0 Å². The molecule has 15 heavy (non-hydrogen) atoms. The van der Waals surface area contributed by atoms with Crippen LogP contribution in [0.2, 0.25) is 0 Å². The molecule has 0 spiro atoms. The van der Waals surface area contributed by atoms with E-state index >= 15 is 0 Å². The van der Waals surface area contributed by atoms with E-state index < -0.39 is 5.54 Å². The first-order valence-electron chi connectivity index (χ1n) is 5.18. The number of hydrogen-bond acceptors (Lipinski definition) is 5. The highest BCUT2D eigenvalue weighted by Gasteiger charge is 2.36. The van der Waals surface area contributed by atoms with Crippen LogP contribution in [0, 0.1) is 5.92 Å². The Morgan fingerprint density at radius 2 is 2.20 bits per heavy atom. The van der Waals surface area contributed by atoms with Gasteiger partial charge in [-0.2, -0.15) is 4.98 Å². The van der Waals surface area contributed by atoms with Gasteiger partial charge in [-0.15, -0.1) is 0 Å². The summed E-state index contributed by atoms with van der Waals surface area (Å²) >= 11 is 0. The molecule has 1 aromatic heterocycles. The normalized spacial score (nSPS) is 19.2. The summed E-state index contributed by atoms with van der Waals surface area (Å²) < 4.78 is 10.5. The summed E-state index contributed by atoms with van der Waals surface area (Å²) in [6, 6.07) is 0. The van der Waals surface area contributed by atoms with Crippen LogP contribution in [0.5, 0.6) is 0 Å². The summed E-state index contributed by atoms with van der Waals surface area (Å²) in [6.45, 7) is 3.67. The monoisotopic (exact) mass is 211 g/mol. The third kappa shape index (κ3) is 2.18. The molecule has 0 radical (unpaired) electrons. The van der Waals surface area contributed by atoms with Crippen molar-refractivity contribution in [3.63, 3.8) is 0 Å². The quantitative estimate of drug-likeness (QED) is 0.814. The van der Waals surface area contributed by atoms with Crippen molar-refractivity contribution in [2.75, 3.05) is 7.11 Å². The summed E-state index contributed by atoms with van der Waals surface area (Å²) in [5.74, 6) is 1.62. The molecule has 5 nitrogen and oxygen atoms in total. The third-order valence-corrected chi connectivity index (χ3v) is 2.55. The number of nitrogens with zero attached hydrogens (tertiary/aromatic N) is 2. The van der Waals surface area contributed by atoms with Crippen molar-refractivity contribution in [3.05, 3.63) is 11.7 Å². The SMILES string of the molecule is COC(c1noc(C(C)(C)N)n1)C1CC1. The molecule has 1 saturated carbocycles. The molecule has 84 valence electrons. The summed E-state index contributed by atoms with van der Waals surface area (Å²) in [4.78, 5) is 4.29. The molecular weight excluding hydrogens is 194 g/mol. The van der Waals surface area contributed by atoms with Crippen LogP contribution in [0.1, 0.15) is 44.5 Å². The molecule has 1 heterocycles. The molecular formula is C10H17N3O2. The molecule has 1 aliphatic rings. The second kappa shape index (κ2) is 3.57. The highest BCUT2D eigenvalue weighted by Crippen LogP contribution is 2.42. The second-order valence-corrected chi connectivity index (χ2v) is 4.67. The van der Waals surface area contributed by atoms with Crippen molar-refractivity contribution in [2.45, 2.75) is 38.3 Å². The van der Waals surface area contributed by atoms with Gasteiger partial charge in [0.05, 0.1) is 5.54 Å². The maximum atomic E-state index is 5.87. The van der Waals surface area contributed by atoms with Crippen LogP contribution in [-0.2, 0) is 10.3 Å². The van der Waals surface area contributed by atoms with Gasteiger partial charge in [-0.25, -0.2) is 0 Å². The number of hydrogen-bond donors (Lipinski definition) is 1. The van der Waals surface area contributed by atoms with Crippen LogP contribution >= 0.6 is 0 Å². The first kappa shape index (κ1) is 10.6. The topological polar surface area (TPSA) is 74.2 Å². The minimum Gasteiger partial charge on any atom is -0.373 e. The van der Waals surface area contributed by atoms with Crippen molar-refractivity contribution in [1.29, 1.82) is 0 Å². The van der Waals surface area contributed by atoms with E-state index in [-0.39, 0.29) is 6.10 Å². The number of ether oxygens (including phenoxy) is 1. The molecule has 0 amide bonds. The summed E-state index contributed by atoms with van der Waals surface area (Å²) in [6.07, 6.45) is 2.31. The minimum atomic E-state index is -0.590. The molecule has 2 N–H and O–H groups in total. The van der Waals surface area contributed by atoms with Gasteiger partial charge in [0.15, 0.2) is 0 Å². The van der Waals surface area contributed by atoms with Crippen LogP contribution < -0.4 is 5.73 Å². The minimum absolute atomic E-state index is 0.0372. The van der Waals surface area contributed by atoms with E-state index in [4.69, 9.17) is 15.0 Å². The van der Waals surface area contributed by atoms with Crippen molar-refractivity contribution in [1.82, 2.24) is 10.1 Å². The lowest BCUT2D eigenvalue weighted by Crippen LogP contribution is -2.29. The Morgan fingerprint density at radius 1 is 1.53 bits per heavy atom. The van der Waals surface area contributed by atoms with Gasteiger partial charge in [0.2, 0.25) is 11.7 Å². The fourth-order valence-electron chi connectivity index (χ4n) is 1.52. The molecule has 0 aromatic carbocycles. The van der Waals surface area contributed by atoms with E-state index in [1.54, 1.807) is 7.11 Å². The predicted octanol–water partition coefficient (Wildman–Crippen LogP) is 1.36. The summed E-state index contributed by atoms with van der Waals surface area (Å²) in [7, 11) is 1.67. The highest BCUT2D eigenvalue weighted by molar-refractivity contribution is 5.02. The van der Waals surface area contributed by atoms with Gasteiger partial charge < -0.3 is 15.0 Å². The maximum absolute atomic E-state index is 5.87.